The first kappa shape index (κ1) is 20.0. The monoisotopic (exact) mass is 338 g/mol. The highest BCUT2D eigenvalue weighted by molar-refractivity contribution is 5.72. The summed E-state index contributed by atoms with van der Waals surface area (Å²) in [6, 6.07) is 4.58. The van der Waals surface area contributed by atoms with Gasteiger partial charge in [-0.2, -0.15) is 0 Å². The third-order valence-electron chi connectivity index (χ3n) is 3.46. The number of aliphatic hydroxyl groups is 1. The van der Waals surface area contributed by atoms with E-state index < -0.39 is 11.6 Å². The lowest BCUT2D eigenvalue weighted by Crippen LogP contribution is -2.30. The predicted octanol–water partition coefficient (Wildman–Crippen LogP) is 2.50. The van der Waals surface area contributed by atoms with Crippen molar-refractivity contribution in [3.8, 4) is 5.75 Å². The quantitative estimate of drug-likeness (QED) is 0.742. The van der Waals surface area contributed by atoms with Gasteiger partial charge in [0.1, 0.15) is 24.6 Å². The van der Waals surface area contributed by atoms with Crippen LogP contribution in [0.4, 0.5) is 0 Å². The van der Waals surface area contributed by atoms with Crippen LogP contribution in [0.2, 0.25) is 0 Å². The maximum absolute atomic E-state index is 11.5. The number of esters is 2. The molecule has 1 aromatic rings. The van der Waals surface area contributed by atoms with Gasteiger partial charge in [0.25, 0.3) is 0 Å². The van der Waals surface area contributed by atoms with Gasteiger partial charge in [0, 0.05) is 5.56 Å². The molecule has 6 heteroatoms. The molecule has 2 N–H and O–H groups in total. The first-order valence-electron chi connectivity index (χ1n) is 7.92. The number of aromatic hydroxyl groups is 1. The molecular weight excluding hydrogens is 312 g/mol. The number of hydrogen-bond acceptors (Lipinski definition) is 6. The van der Waals surface area contributed by atoms with E-state index >= 15 is 0 Å². The van der Waals surface area contributed by atoms with Crippen LogP contribution < -0.4 is 0 Å². The van der Waals surface area contributed by atoms with Crippen molar-refractivity contribution < 1.29 is 29.3 Å². The fourth-order valence-corrected chi connectivity index (χ4v) is 1.90. The Balaban J connectivity index is 2.79. The number of ether oxygens (including phenoxy) is 2. The number of phenols is 1. The number of carbonyl (C=O) groups excluding carboxylic acids is 2. The Kier molecular flexibility index (Phi) is 6.78. The molecule has 24 heavy (non-hydrogen) atoms. The summed E-state index contributed by atoms with van der Waals surface area (Å²) < 4.78 is 10.1. The summed E-state index contributed by atoms with van der Waals surface area (Å²) >= 11 is 0. The molecular formula is C18H26O6. The van der Waals surface area contributed by atoms with Gasteiger partial charge in [-0.05, 0) is 18.6 Å². The number of benzene rings is 1. The second-order valence-electron chi connectivity index (χ2n) is 6.65. The minimum absolute atomic E-state index is 0.0370. The van der Waals surface area contributed by atoms with Gasteiger partial charge >= 0.3 is 11.9 Å². The first-order chi connectivity index (χ1) is 11.0. The Morgan fingerprint density at radius 2 is 1.62 bits per heavy atom. The Bertz CT molecular complexity index is 589. The van der Waals surface area contributed by atoms with Crippen LogP contribution in [-0.2, 0) is 31.3 Å². The van der Waals surface area contributed by atoms with Gasteiger partial charge in [-0.15, -0.1) is 0 Å². The normalized spacial score (nSPS) is 13.7. The van der Waals surface area contributed by atoms with Crippen molar-refractivity contribution in [1.82, 2.24) is 0 Å². The summed E-state index contributed by atoms with van der Waals surface area (Å²) in [5.74, 6) is -1.43. The van der Waals surface area contributed by atoms with Crippen LogP contribution in [0.25, 0.3) is 0 Å². The predicted molar refractivity (Wildman–Crippen MR) is 88.1 cm³/mol. The fraction of sp³-hybridized carbons (Fsp3) is 0.556. The highest BCUT2D eigenvalue weighted by Crippen LogP contribution is 2.30. The average Bonchev–Trinajstić information content (AvgIpc) is 2.49. The van der Waals surface area contributed by atoms with E-state index in [0.29, 0.717) is 5.56 Å². The molecule has 0 aromatic heterocycles. The van der Waals surface area contributed by atoms with Gasteiger partial charge < -0.3 is 19.7 Å². The van der Waals surface area contributed by atoms with Crippen LogP contribution in [0.1, 0.15) is 45.7 Å². The summed E-state index contributed by atoms with van der Waals surface area (Å²) in [7, 11) is 0. The largest absolute Gasteiger partial charge is 0.508 e. The van der Waals surface area contributed by atoms with E-state index in [1.807, 2.05) is 0 Å². The summed E-state index contributed by atoms with van der Waals surface area (Å²) in [6.45, 7) is 8.09. The lowest BCUT2D eigenvalue weighted by atomic mass is 9.95. The van der Waals surface area contributed by atoms with E-state index in [0.717, 1.165) is 0 Å². The summed E-state index contributed by atoms with van der Waals surface area (Å²) in [6.07, 6.45) is 0. The second-order valence-corrected chi connectivity index (χ2v) is 6.65. The van der Waals surface area contributed by atoms with Gasteiger partial charge in [0.2, 0.25) is 0 Å². The third kappa shape index (κ3) is 5.53. The number of carbonyl (C=O) groups is 2. The molecule has 0 bridgehead atoms. The molecule has 0 saturated heterocycles. The summed E-state index contributed by atoms with van der Waals surface area (Å²) in [5, 5.41) is 20.6. The van der Waals surface area contributed by atoms with Crippen LogP contribution in [0.5, 0.6) is 5.75 Å². The molecule has 134 valence electrons. The number of phenolic OH excluding ortho intramolecular Hbond substituents is 1. The number of rotatable bonds is 7. The van der Waals surface area contributed by atoms with Gasteiger partial charge in [0.05, 0.1) is 11.8 Å². The zero-order valence-electron chi connectivity index (χ0n) is 14.8. The topological polar surface area (TPSA) is 93.1 Å². The number of hydrogen-bond donors (Lipinski definition) is 2. The van der Waals surface area contributed by atoms with E-state index in [1.54, 1.807) is 33.8 Å². The van der Waals surface area contributed by atoms with Crippen molar-refractivity contribution in [3.63, 3.8) is 0 Å². The smallest absolute Gasteiger partial charge is 0.308 e. The molecule has 0 radical (unpaired) electrons. The highest BCUT2D eigenvalue weighted by atomic mass is 16.5. The van der Waals surface area contributed by atoms with Gasteiger partial charge in [-0.3, -0.25) is 9.59 Å². The van der Waals surface area contributed by atoms with Crippen molar-refractivity contribution in [2.24, 2.45) is 11.8 Å². The van der Waals surface area contributed by atoms with Crippen LogP contribution in [0, 0.1) is 11.8 Å². The first-order valence-corrected chi connectivity index (χ1v) is 7.92. The Hall–Kier alpha value is -2.08. The molecule has 1 rings (SSSR count). The Morgan fingerprint density at radius 1 is 1.08 bits per heavy atom. The molecule has 0 heterocycles. The van der Waals surface area contributed by atoms with E-state index in [2.05, 4.69) is 0 Å². The average molecular weight is 338 g/mol. The zero-order valence-corrected chi connectivity index (χ0v) is 14.8. The molecule has 0 amide bonds. The maximum Gasteiger partial charge on any atom is 0.308 e. The van der Waals surface area contributed by atoms with Crippen molar-refractivity contribution in [3.05, 3.63) is 29.3 Å². The van der Waals surface area contributed by atoms with Gasteiger partial charge in [-0.25, -0.2) is 0 Å². The minimum Gasteiger partial charge on any atom is -0.508 e. The molecule has 1 atom stereocenters. The lowest BCUT2D eigenvalue weighted by Gasteiger charge is -2.25. The summed E-state index contributed by atoms with van der Waals surface area (Å²) in [4.78, 5) is 23.0. The third-order valence-corrected chi connectivity index (χ3v) is 3.46. The van der Waals surface area contributed by atoms with E-state index in [1.165, 1.54) is 19.1 Å². The molecule has 0 aliphatic heterocycles. The van der Waals surface area contributed by atoms with Gasteiger partial charge in [0.15, 0.2) is 0 Å². The maximum atomic E-state index is 11.5. The second kappa shape index (κ2) is 8.15. The molecule has 0 saturated carbocycles. The van der Waals surface area contributed by atoms with Crippen LogP contribution in [-0.4, -0.2) is 28.8 Å². The molecule has 1 aromatic carbocycles. The van der Waals surface area contributed by atoms with Crippen LogP contribution >= 0.6 is 0 Å². The van der Waals surface area contributed by atoms with Crippen molar-refractivity contribution >= 4 is 11.9 Å². The van der Waals surface area contributed by atoms with Crippen molar-refractivity contribution in [2.45, 2.75) is 46.8 Å². The fourth-order valence-electron chi connectivity index (χ4n) is 1.90. The van der Waals surface area contributed by atoms with Crippen LogP contribution in [0.3, 0.4) is 0 Å². The van der Waals surface area contributed by atoms with E-state index in [-0.39, 0.29) is 42.3 Å². The Labute approximate surface area is 142 Å². The molecule has 1 unspecified atom stereocenters. The minimum atomic E-state index is -1.53. The molecule has 6 nitrogen and oxygen atoms in total. The van der Waals surface area contributed by atoms with Gasteiger partial charge in [-0.1, -0.05) is 39.8 Å². The Morgan fingerprint density at radius 3 is 2.12 bits per heavy atom. The zero-order chi connectivity index (χ0) is 18.5. The van der Waals surface area contributed by atoms with Crippen molar-refractivity contribution in [2.75, 3.05) is 6.61 Å². The van der Waals surface area contributed by atoms with E-state index in [4.69, 9.17) is 9.47 Å². The molecule has 0 aliphatic carbocycles. The molecule has 0 spiro atoms. The summed E-state index contributed by atoms with van der Waals surface area (Å²) in [5.41, 5.74) is -0.694. The SMILES string of the molecule is CC(C)C(=O)OCc1ccc(C(C)(O)COC(=O)C(C)C)c(O)c1. The molecule has 0 fully saturated rings. The molecule has 0 aliphatic rings. The lowest BCUT2D eigenvalue weighted by molar-refractivity contribution is -0.155. The van der Waals surface area contributed by atoms with Crippen LogP contribution in [0.15, 0.2) is 18.2 Å². The van der Waals surface area contributed by atoms with Crippen molar-refractivity contribution in [1.29, 1.82) is 0 Å². The standard InChI is InChI=1S/C18H26O6/c1-11(2)16(20)23-9-13-6-7-14(15(19)8-13)18(5,22)10-24-17(21)12(3)4/h6-8,11-12,19,22H,9-10H2,1-5H3. The highest BCUT2D eigenvalue weighted by Gasteiger charge is 2.29. The van der Waals surface area contributed by atoms with E-state index in [9.17, 15) is 19.8 Å².